The first-order valence-corrected chi connectivity index (χ1v) is 11.1. The smallest absolute Gasteiger partial charge is 0.00403 e. The summed E-state index contributed by atoms with van der Waals surface area (Å²) in [6.45, 7) is 2.18. The molecule has 4 aromatic rings. The maximum Gasteiger partial charge on any atom is 0.00403 e. The lowest BCUT2D eigenvalue weighted by Gasteiger charge is -2.04. The molecule has 0 radical (unpaired) electrons. The zero-order valence-electron chi connectivity index (χ0n) is 17.7. The van der Waals surface area contributed by atoms with E-state index in [0.717, 1.165) is 11.3 Å². The van der Waals surface area contributed by atoms with Crippen molar-refractivity contribution >= 4 is 36.9 Å². The van der Waals surface area contributed by atoms with Gasteiger partial charge in [0.1, 0.15) is 0 Å². The fourth-order valence-electron chi connectivity index (χ4n) is 3.41. The van der Waals surface area contributed by atoms with Crippen molar-refractivity contribution in [2.45, 2.75) is 18.2 Å². The summed E-state index contributed by atoms with van der Waals surface area (Å²) in [5.41, 5.74) is 8.61. The summed E-state index contributed by atoms with van der Waals surface area (Å²) < 4.78 is 0. The van der Waals surface area contributed by atoms with Crippen molar-refractivity contribution in [1.29, 1.82) is 0 Å². The van der Waals surface area contributed by atoms with Crippen molar-refractivity contribution in [1.82, 2.24) is 0 Å². The highest BCUT2D eigenvalue weighted by atomic mass is 32.1. The standard InChI is InChI=1S/C30H26S/c1-2-23-3-5-24(6-4-23)7-8-25-11-17-28(18-12-25)29-19-13-26(14-20-29)9-10-27-15-21-30(31)22-16-27/h3-22,31H,2H2,1H3. The highest BCUT2D eigenvalue weighted by Gasteiger charge is 1.98. The van der Waals surface area contributed by atoms with Crippen LogP contribution in [0.4, 0.5) is 0 Å². The lowest BCUT2D eigenvalue weighted by Crippen LogP contribution is -1.81. The molecule has 152 valence electrons. The quantitative estimate of drug-likeness (QED) is 0.235. The molecule has 0 nitrogen and oxygen atoms in total. The number of benzene rings is 4. The van der Waals surface area contributed by atoms with Gasteiger partial charge in [0.2, 0.25) is 0 Å². The summed E-state index contributed by atoms with van der Waals surface area (Å²) in [6, 6.07) is 34.3. The number of thiol groups is 1. The van der Waals surface area contributed by atoms with E-state index in [1.54, 1.807) is 0 Å². The summed E-state index contributed by atoms with van der Waals surface area (Å²) in [7, 11) is 0. The summed E-state index contributed by atoms with van der Waals surface area (Å²) in [5, 5.41) is 0. The van der Waals surface area contributed by atoms with Gasteiger partial charge >= 0.3 is 0 Å². The number of aryl methyl sites for hydroxylation is 1. The van der Waals surface area contributed by atoms with Crippen LogP contribution in [0.15, 0.2) is 102 Å². The molecule has 4 aromatic carbocycles. The lowest BCUT2D eigenvalue weighted by molar-refractivity contribution is 1.14. The molecule has 0 spiro atoms. The first kappa shape index (κ1) is 21.0. The molecule has 4 rings (SSSR count). The van der Waals surface area contributed by atoms with Gasteiger partial charge in [0.25, 0.3) is 0 Å². The molecule has 0 aromatic heterocycles. The van der Waals surface area contributed by atoms with Crippen LogP contribution in [0, 0.1) is 0 Å². The van der Waals surface area contributed by atoms with E-state index < -0.39 is 0 Å². The predicted molar refractivity (Wildman–Crippen MR) is 139 cm³/mol. The van der Waals surface area contributed by atoms with Crippen molar-refractivity contribution in [3.63, 3.8) is 0 Å². The summed E-state index contributed by atoms with van der Waals surface area (Å²) in [5.74, 6) is 0. The summed E-state index contributed by atoms with van der Waals surface area (Å²) in [4.78, 5) is 0.980. The molecule has 0 unspecified atom stereocenters. The summed E-state index contributed by atoms with van der Waals surface area (Å²) in [6.07, 6.45) is 9.67. The molecule has 0 aliphatic rings. The van der Waals surface area contributed by atoms with Gasteiger partial charge in [-0.05, 0) is 57.5 Å². The van der Waals surface area contributed by atoms with Crippen molar-refractivity contribution in [2.24, 2.45) is 0 Å². The van der Waals surface area contributed by atoms with Gasteiger partial charge in [-0.1, -0.05) is 116 Å². The second-order valence-electron chi connectivity index (χ2n) is 7.60. The molecule has 0 bridgehead atoms. The van der Waals surface area contributed by atoms with Gasteiger partial charge in [0.15, 0.2) is 0 Å². The highest BCUT2D eigenvalue weighted by Crippen LogP contribution is 2.22. The third-order valence-corrected chi connectivity index (χ3v) is 5.67. The maximum atomic E-state index is 4.33. The van der Waals surface area contributed by atoms with Crippen LogP contribution in [0.5, 0.6) is 0 Å². The van der Waals surface area contributed by atoms with Crippen molar-refractivity contribution < 1.29 is 0 Å². The van der Waals surface area contributed by atoms with Crippen LogP contribution in [-0.2, 0) is 6.42 Å². The maximum absolute atomic E-state index is 4.33. The third-order valence-electron chi connectivity index (χ3n) is 5.37. The molecule has 0 aliphatic carbocycles. The third kappa shape index (κ3) is 5.87. The minimum absolute atomic E-state index is 0.980. The Balaban J connectivity index is 1.41. The van der Waals surface area contributed by atoms with Gasteiger partial charge in [-0.2, -0.15) is 0 Å². The monoisotopic (exact) mass is 418 g/mol. The van der Waals surface area contributed by atoms with Crippen LogP contribution in [0.3, 0.4) is 0 Å². The van der Waals surface area contributed by atoms with E-state index in [1.807, 2.05) is 12.1 Å². The Hall–Kier alpha value is -3.29. The largest absolute Gasteiger partial charge is 0.143 e. The van der Waals surface area contributed by atoms with E-state index in [9.17, 15) is 0 Å². The highest BCUT2D eigenvalue weighted by molar-refractivity contribution is 7.80. The van der Waals surface area contributed by atoms with Crippen LogP contribution in [0.25, 0.3) is 35.4 Å². The Morgan fingerprint density at radius 2 is 0.806 bits per heavy atom. The predicted octanol–water partition coefficient (Wildman–Crippen LogP) is 8.55. The number of hydrogen-bond acceptors (Lipinski definition) is 1. The fourth-order valence-corrected chi connectivity index (χ4v) is 3.56. The van der Waals surface area contributed by atoms with Gasteiger partial charge in [-0.15, -0.1) is 12.6 Å². The molecule has 0 heterocycles. The minimum Gasteiger partial charge on any atom is -0.143 e. The Morgan fingerprint density at radius 1 is 0.484 bits per heavy atom. The van der Waals surface area contributed by atoms with Gasteiger partial charge in [-0.3, -0.25) is 0 Å². The second-order valence-corrected chi connectivity index (χ2v) is 8.11. The zero-order chi connectivity index (χ0) is 21.5. The van der Waals surface area contributed by atoms with Crippen molar-refractivity contribution in [3.8, 4) is 11.1 Å². The van der Waals surface area contributed by atoms with Gasteiger partial charge in [-0.25, -0.2) is 0 Å². The van der Waals surface area contributed by atoms with Gasteiger partial charge < -0.3 is 0 Å². The Kier molecular flexibility index (Phi) is 6.86. The summed E-state index contributed by atoms with van der Waals surface area (Å²) >= 11 is 4.33. The topological polar surface area (TPSA) is 0 Å². The molecule has 0 aliphatic heterocycles. The van der Waals surface area contributed by atoms with Gasteiger partial charge in [0.05, 0.1) is 0 Å². The Morgan fingerprint density at radius 3 is 1.16 bits per heavy atom. The van der Waals surface area contributed by atoms with Crippen LogP contribution in [0.2, 0.25) is 0 Å². The van der Waals surface area contributed by atoms with E-state index in [2.05, 4.69) is 129 Å². The zero-order valence-corrected chi connectivity index (χ0v) is 18.6. The molecule has 0 saturated heterocycles. The fraction of sp³-hybridized carbons (Fsp3) is 0.0667. The molecular weight excluding hydrogens is 392 g/mol. The average Bonchev–Trinajstić information content (AvgIpc) is 2.83. The Bertz CT molecular complexity index is 1160. The Labute approximate surface area is 191 Å². The molecule has 0 fully saturated rings. The SMILES string of the molecule is CCc1ccc(C=Cc2ccc(-c3ccc(C=Cc4ccc(S)cc4)cc3)cc2)cc1. The molecule has 31 heavy (non-hydrogen) atoms. The van der Waals surface area contributed by atoms with E-state index in [4.69, 9.17) is 0 Å². The molecule has 1 heteroatoms. The van der Waals surface area contributed by atoms with E-state index in [1.165, 1.54) is 38.9 Å². The lowest BCUT2D eigenvalue weighted by atomic mass is 10.0. The van der Waals surface area contributed by atoms with Crippen LogP contribution < -0.4 is 0 Å². The first-order chi connectivity index (χ1) is 15.2. The second kappa shape index (κ2) is 10.1. The van der Waals surface area contributed by atoms with Crippen LogP contribution in [0.1, 0.15) is 34.7 Å². The molecule has 0 saturated carbocycles. The van der Waals surface area contributed by atoms with Crippen LogP contribution in [-0.4, -0.2) is 0 Å². The number of hydrogen-bond donors (Lipinski definition) is 1. The number of rotatable bonds is 6. The van der Waals surface area contributed by atoms with E-state index in [0.29, 0.717) is 0 Å². The molecular formula is C30H26S. The van der Waals surface area contributed by atoms with Crippen molar-refractivity contribution in [3.05, 3.63) is 125 Å². The molecule has 0 N–H and O–H groups in total. The van der Waals surface area contributed by atoms with Crippen molar-refractivity contribution in [2.75, 3.05) is 0 Å². The first-order valence-electron chi connectivity index (χ1n) is 10.6. The van der Waals surface area contributed by atoms with E-state index >= 15 is 0 Å². The van der Waals surface area contributed by atoms with E-state index in [-0.39, 0.29) is 0 Å². The van der Waals surface area contributed by atoms with Gasteiger partial charge in [0, 0.05) is 4.90 Å². The molecule has 0 amide bonds. The average molecular weight is 419 g/mol. The van der Waals surface area contributed by atoms with Crippen LogP contribution >= 0.6 is 12.6 Å². The normalized spacial score (nSPS) is 11.4. The minimum atomic E-state index is 0.980. The molecule has 0 atom stereocenters.